The van der Waals surface area contributed by atoms with E-state index < -0.39 is 6.09 Å². The van der Waals surface area contributed by atoms with Crippen LogP contribution in [0.4, 0.5) is 4.79 Å². The average Bonchev–Trinajstić information content (AvgIpc) is 2.73. The highest BCUT2D eigenvalue weighted by atomic mass is 16.4. The number of carbonyl (C=O) groups is 1. The van der Waals surface area contributed by atoms with Gasteiger partial charge in [0.1, 0.15) is 0 Å². The summed E-state index contributed by atoms with van der Waals surface area (Å²) < 4.78 is 0. The summed E-state index contributed by atoms with van der Waals surface area (Å²) in [5.41, 5.74) is 2.29. The first-order chi connectivity index (χ1) is 7.29. The van der Waals surface area contributed by atoms with Gasteiger partial charge in [-0.3, -0.25) is 5.43 Å². The lowest BCUT2D eigenvalue weighted by molar-refractivity contribution is 0.153. The summed E-state index contributed by atoms with van der Waals surface area (Å²) >= 11 is 0. The van der Waals surface area contributed by atoms with E-state index in [4.69, 9.17) is 5.11 Å². The molecule has 0 spiro atoms. The number of nitrogens with zero attached hydrogens (tertiary/aromatic N) is 1. The van der Waals surface area contributed by atoms with Crippen molar-refractivity contribution in [1.29, 1.82) is 0 Å². The molecule has 0 bridgehead atoms. The number of hydrazine groups is 1. The van der Waals surface area contributed by atoms with Crippen molar-refractivity contribution in [2.24, 2.45) is 0 Å². The predicted octanol–water partition coefficient (Wildman–Crippen LogP) is 1.95. The molecule has 0 unspecified atom stereocenters. The van der Waals surface area contributed by atoms with Crippen LogP contribution in [-0.4, -0.2) is 29.3 Å². The van der Waals surface area contributed by atoms with E-state index in [0.717, 1.165) is 25.9 Å². The minimum atomic E-state index is -0.961. The molecule has 4 heteroatoms. The Kier molecular flexibility index (Phi) is 5.25. The molecule has 1 amide bonds. The number of rotatable bonds is 1. The Labute approximate surface area is 89.5 Å². The van der Waals surface area contributed by atoms with E-state index in [1.54, 1.807) is 5.01 Å². The molecule has 0 aromatic heterocycles. The quantitative estimate of drug-likeness (QED) is 0.741. The van der Waals surface area contributed by atoms with Crippen molar-refractivity contribution in [2.75, 3.05) is 13.1 Å². The molecule has 4 nitrogen and oxygen atoms in total. The fraction of sp³-hybridized carbons (Fsp3) is 0.364. The Morgan fingerprint density at radius 2 is 1.40 bits per heavy atom. The fourth-order valence-corrected chi connectivity index (χ4v) is 1.35. The Bertz CT molecular complexity index is 244. The maximum atomic E-state index is 10.0. The first kappa shape index (κ1) is 11.5. The molecule has 2 rings (SSSR count). The monoisotopic (exact) mass is 208 g/mol. The molecule has 0 aliphatic carbocycles. The van der Waals surface area contributed by atoms with E-state index >= 15 is 0 Å². The van der Waals surface area contributed by atoms with Gasteiger partial charge in [0.15, 0.2) is 0 Å². The number of nitrogens with one attached hydrogen (secondary N) is 1. The molecule has 1 saturated heterocycles. The lowest BCUT2D eigenvalue weighted by atomic mass is 10.4. The summed E-state index contributed by atoms with van der Waals surface area (Å²) in [5.74, 6) is 0. The van der Waals surface area contributed by atoms with Gasteiger partial charge in [-0.1, -0.05) is 36.4 Å². The second-order valence-corrected chi connectivity index (χ2v) is 3.27. The van der Waals surface area contributed by atoms with Crippen LogP contribution >= 0.6 is 0 Å². The highest BCUT2D eigenvalue weighted by Crippen LogP contribution is 2.02. The molecule has 1 aromatic rings. The van der Waals surface area contributed by atoms with Crippen molar-refractivity contribution in [1.82, 2.24) is 10.4 Å². The third-order valence-corrected chi connectivity index (χ3v) is 2.03. The van der Waals surface area contributed by atoms with E-state index in [1.807, 2.05) is 36.4 Å². The van der Waals surface area contributed by atoms with Crippen molar-refractivity contribution < 1.29 is 9.90 Å². The van der Waals surface area contributed by atoms with Crippen LogP contribution in [0.3, 0.4) is 0 Å². The van der Waals surface area contributed by atoms with E-state index in [-0.39, 0.29) is 0 Å². The van der Waals surface area contributed by atoms with E-state index in [1.165, 1.54) is 0 Å². The first-order valence-corrected chi connectivity index (χ1v) is 5.03. The van der Waals surface area contributed by atoms with Crippen molar-refractivity contribution in [3.05, 3.63) is 36.4 Å². The average molecular weight is 208 g/mol. The summed E-state index contributed by atoms with van der Waals surface area (Å²) in [5, 5.41) is 9.93. The van der Waals surface area contributed by atoms with Crippen molar-refractivity contribution in [3.63, 3.8) is 0 Å². The van der Waals surface area contributed by atoms with Crippen LogP contribution in [0.15, 0.2) is 36.4 Å². The third-order valence-electron chi connectivity index (χ3n) is 2.03. The molecule has 1 fully saturated rings. The van der Waals surface area contributed by atoms with Crippen LogP contribution in [0.1, 0.15) is 12.8 Å². The molecule has 0 atom stereocenters. The van der Waals surface area contributed by atoms with Gasteiger partial charge in [0.25, 0.3) is 0 Å². The topological polar surface area (TPSA) is 52.6 Å². The van der Waals surface area contributed by atoms with Gasteiger partial charge in [-0.05, 0) is 12.8 Å². The number of hydrogen-bond donors (Lipinski definition) is 2. The van der Waals surface area contributed by atoms with Crippen LogP contribution in [0.25, 0.3) is 0 Å². The van der Waals surface area contributed by atoms with Gasteiger partial charge in [0.05, 0.1) is 0 Å². The molecule has 1 heterocycles. The van der Waals surface area contributed by atoms with Crippen molar-refractivity contribution in [3.8, 4) is 0 Å². The van der Waals surface area contributed by atoms with E-state index in [9.17, 15) is 4.79 Å². The number of hydrogen-bond acceptors (Lipinski definition) is 2. The van der Waals surface area contributed by atoms with Gasteiger partial charge in [0, 0.05) is 13.1 Å². The molecule has 2 N–H and O–H groups in total. The summed E-state index contributed by atoms with van der Waals surface area (Å²) in [6, 6.07) is 12.0. The standard InChI is InChI=1S/C6H6.C5H10N2O2/c1-2-4-6-5-3-1;8-5(9)6-7-3-1-2-4-7/h1-6H;6H,1-4H2,(H,8,9). The van der Waals surface area contributed by atoms with E-state index in [2.05, 4.69) is 5.43 Å². The van der Waals surface area contributed by atoms with Gasteiger partial charge < -0.3 is 5.11 Å². The van der Waals surface area contributed by atoms with Crippen LogP contribution < -0.4 is 5.43 Å². The molecule has 1 aliphatic heterocycles. The SMILES string of the molecule is O=C(O)NN1CCCC1.c1ccccc1. The second kappa shape index (κ2) is 6.84. The largest absolute Gasteiger partial charge is 0.464 e. The second-order valence-electron chi connectivity index (χ2n) is 3.27. The molecule has 1 aliphatic rings. The Morgan fingerprint density at radius 3 is 1.73 bits per heavy atom. The molecular weight excluding hydrogens is 192 g/mol. The Morgan fingerprint density at radius 1 is 1.00 bits per heavy atom. The normalized spacial score (nSPS) is 15.2. The molecule has 15 heavy (non-hydrogen) atoms. The Hall–Kier alpha value is -1.55. The lowest BCUT2D eigenvalue weighted by Gasteiger charge is -2.12. The molecule has 0 radical (unpaired) electrons. The zero-order chi connectivity index (χ0) is 10.9. The number of benzene rings is 1. The maximum absolute atomic E-state index is 10.0. The van der Waals surface area contributed by atoms with Crippen molar-refractivity contribution in [2.45, 2.75) is 12.8 Å². The highest BCUT2D eigenvalue weighted by Gasteiger charge is 2.12. The summed E-state index contributed by atoms with van der Waals surface area (Å²) in [7, 11) is 0. The van der Waals surface area contributed by atoms with Crippen LogP contribution in [0.5, 0.6) is 0 Å². The predicted molar refractivity (Wildman–Crippen MR) is 58.4 cm³/mol. The smallest absolute Gasteiger partial charge is 0.419 e. The summed E-state index contributed by atoms with van der Waals surface area (Å²) in [4.78, 5) is 10.0. The summed E-state index contributed by atoms with van der Waals surface area (Å²) in [6.07, 6.45) is 1.23. The van der Waals surface area contributed by atoms with Crippen LogP contribution in [0.2, 0.25) is 0 Å². The molecular formula is C11H16N2O2. The van der Waals surface area contributed by atoms with Crippen LogP contribution in [0, 0.1) is 0 Å². The van der Waals surface area contributed by atoms with E-state index in [0.29, 0.717) is 0 Å². The van der Waals surface area contributed by atoms with Crippen molar-refractivity contribution >= 4 is 6.09 Å². The first-order valence-electron chi connectivity index (χ1n) is 5.03. The third kappa shape index (κ3) is 5.70. The molecule has 0 saturated carbocycles. The molecule has 82 valence electrons. The van der Waals surface area contributed by atoms with Crippen LogP contribution in [-0.2, 0) is 0 Å². The van der Waals surface area contributed by atoms with Gasteiger partial charge in [0.2, 0.25) is 0 Å². The number of carboxylic acid groups (broad SMARTS) is 1. The highest BCUT2D eigenvalue weighted by molar-refractivity contribution is 5.63. The molecule has 1 aromatic carbocycles. The van der Waals surface area contributed by atoms with Gasteiger partial charge >= 0.3 is 6.09 Å². The minimum absolute atomic E-state index is 0.853. The number of amides is 1. The lowest BCUT2D eigenvalue weighted by Crippen LogP contribution is -2.38. The zero-order valence-corrected chi connectivity index (χ0v) is 8.60. The Balaban J connectivity index is 0.000000162. The van der Waals surface area contributed by atoms with Gasteiger partial charge in [-0.2, -0.15) is 0 Å². The summed E-state index contributed by atoms with van der Waals surface area (Å²) in [6.45, 7) is 1.71. The fourth-order valence-electron chi connectivity index (χ4n) is 1.35. The zero-order valence-electron chi connectivity index (χ0n) is 8.60. The van der Waals surface area contributed by atoms with Gasteiger partial charge in [-0.25, -0.2) is 9.80 Å². The maximum Gasteiger partial charge on any atom is 0.419 e. The minimum Gasteiger partial charge on any atom is -0.464 e. The van der Waals surface area contributed by atoms with Gasteiger partial charge in [-0.15, -0.1) is 0 Å².